The van der Waals surface area contributed by atoms with E-state index in [0.29, 0.717) is 83.7 Å². The topological polar surface area (TPSA) is 279 Å². The Kier molecular flexibility index (Phi) is 28.5. The number of nitrogens with zero attached hydrogens (tertiary/aromatic N) is 9. The number of halogens is 4. The molecule has 552 valence electrons. The predicted molar refractivity (Wildman–Crippen MR) is 358 cm³/mol. The van der Waals surface area contributed by atoms with E-state index in [1.807, 2.05) is 13.8 Å². The molecule has 98 heavy (non-hydrogen) atoms. The lowest BCUT2D eigenvalue weighted by molar-refractivity contribution is -0.182. The van der Waals surface area contributed by atoms with Crippen LogP contribution in [-0.4, -0.2) is 276 Å². The largest absolute Gasteiger partial charge is 0.393 e. The van der Waals surface area contributed by atoms with Gasteiger partial charge in [-0.3, -0.25) is 57.5 Å². The molecule has 0 aromatic rings. The molecule has 0 aromatic heterocycles. The fourth-order valence-electron chi connectivity index (χ4n) is 15.7. The number of likely N-dealkylation sites (N-methyl/N-ethyl adjacent to an activating group) is 7. The van der Waals surface area contributed by atoms with Crippen molar-refractivity contribution in [2.24, 2.45) is 29.6 Å². The van der Waals surface area contributed by atoms with Gasteiger partial charge >= 0.3 is 6.18 Å². The fourth-order valence-corrected chi connectivity index (χ4v) is 16.2. The number of alkyl halides is 4. The second-order valence-electron chi connectivity index (χ2n) is 29.2. The number of amides is 12. The van der Waals surface area contributed by atoms with Gasteiger partial charge in [0.2, 0.25) is 70.9 Å². The average Bonchev–Trinajstić information content (AvgIpc) is 1.43. The van der Waals surface area contributed by atoms with E-state index in [2.05, 4.69) is 16.0 Å². The number of carbonyl (C=O) groups excluding carboxylic acids is 12. The third-order valence-corrected chi connectivity index (χ3v) is 22.8. The number of carbonyl (C=O) groups is 12. The Morgan fingerprint density at radius 1 is 0.612 bits per heavy atom. The molecule has 3 unspecified atom stereocenters. The van der Waals surface area contributed by atoms with Crippen LogP contribution in [-0.2, 0) is 62.3 Å². The summed E-state index contributed by atoms with van der Waals surface area (Å²) in [5, 5.41) is 7.57. The monoisotopic (exact) mass is 1410 g/mol. The molecule has 3 aliphatic heterocycles. The van der Waals surface area contributed by atoms with Crippen molar-refractivity contribution >= 4 is 82.5 Å². The van der Waals surface area contributed by atoms with Crippen molar-refractivity contribution in [3.05, 3.63) is 0 Å². The van der Waals surface area contributed by atoms with Crippen molar-refractivity contribution in [1.29, 1.82) is 0 Å². The van der Waals surface area contributed by atoms with Gasteiger partial charge in [0.1, 0.15) is 47.8 Å². The first kappa shape index (κ1) is 79.0. The van der Waals surface area contributed by atoms with Gasteiger partial charge in [-0.2, -0.15) is 13.2 Å². The lowest BCUT2D eigenvalue weighted by atomic mass is 9.78. The van der Waals surface area contributed by atoms with Gasteiger partial charge in [0.15, 0.2) is 0 Å². The van der Waals surface area contributed by atoms with Crippen molar-refractivity contribution in [3.63, 3.8) is 0 Å². The minimum atomic E-state index is -4.51. The summed E-state index contributed by atoms with van der Waals surface area (Å²) in [6.07, 6.45) is 4.70. The highest BCUT2D eigenvalue weighted by atomic mass is 35.5. The molecule has 25 nitrogen and oxygen atoms in total. The van der Waals surface area contributed by atoms with Gasteiger partial charge in [0.25, 0.3) is 0 Å². The zero-order valence-electron chi connectivity index (χ0n) is 59.5. The van der Waals surface area contributed by atoms with Crippen LogP contribution < -0.4 is 16.0 Å². The normalized spacial score (nSPS) is 30.1. The summed E-state index contributed by atoms with van der Waals surface area (Å²) in [4.78, 5) is 190. The number of likely N-dealkylation sites (tertiary alicyclic amines) is 1. The molecule has 3 heterocycles. The molecule has 4 aliphatic carbocycles. The van der Waals surface area contributed by atoms with Gasteiger partial charge in [-0.05, 0) is 126 Å². The molecule has 29 heteroatoms. The highest BCUT2D eigenvalue weighted by Crippen LogP contribution is 2.44. The summed E-state index contributed by atoms with van der Waals surface area (Å²) in [6.45, 7) is 4.39. The Morgan fingerprint density at radius 2 is 1.23 bits per heavy atom. The standard InChI is InChI=1S/C69H110ClF3N12O13/c1-11-36-98-42-52-63(93)78(5)39-53(86)74-49(30-28-44-27-29-47(48(70)37-44)69(71,72)73)62(92)85-35-21-26-50(85)60(90)76-68(31-16-17-32-68)67(97)83(10)59(46-22-14-13-15-23-46)66(96)81(8)51(64(94)84-33-18-19-34-84)38-54(87)82(9)58(45-24-20-25-45)61(91)75-57(43(3)12-2)65(95)79(6)40-55(88)77(4)41-56(89)80(52)7/h43-52,57-59H,11-42H2,1-10H3,(H,74,86)(H,75,91)(H,76,90)/t43-,44?,47?,48?,49-,50-,51-,52-,57-,58-,59-/m0/s1. The lowest BCUT2D eigenvalue weighted by Crippen LogP contribution is -2.65. The van der Waals surface area contributed by atoms with E-state index in [1.54, 1.807) is 11.8 Å². The van der Waals surface area contributed by atoms with Crippen LogP contribution in [0.25, 0.3) is 0 Å². The molecular formula is C69H110ClF3N12O13. The maximum atomic E-state index is 15.8. The van der Waals surface area contributed by atoms with E-state index >= 15 is 24.0 Å². The van der Waals surface area contributed by atoms with E-state index in [4.69, 9.17) is 16.3 Å². The lowest BCUT2D eigenvalue weighted by Gasteiger charge is -2.43. The van der Waals surface area contributed by atoms with E-state index in [-0.39, 0.29) is 88.9 Å². The average molecular weight is 1410 g/mol. The third kappa shape index (κ3) is 19.2. The highest BCUT2D eigenvalue weighted by molar-refractivity contribution is 6.21. The number of nitrogens with one attached hydrogen (secondary N) is 3. The fraction of sp³-hybridized carbons (Fsp3) is 0.826. The molecule has 0 aromatic carbocycles. The molecule has 12 amide bonds. The number of hydrogen-bond donors (Lipinski definition) is 3. The van der Waals surface area contributed by atoms with Crippen LogP contribution in [0.3, 0.4) is 0 Å². The maximum absolute atomic E-state index is 15.8. The Hall–Kier alpha value is -6.32. The Labute approximate surface area is 581 Å². The van der Waals surface area contributed by atoms with Crippen molar-refractivity contribution < 1.29 is 75.4 Å². The Morgan fingerprint density at radius 3 is 1.84 bits per heavy atom. The third-order valence-electron chi connectivity index (χ3n) is 22.4. The van der Waals surface area contributed by atoms with Crippen LogP contribution in [0.5, 0.6) is 0 Å². The summed E-state index contributed by atoms with van der Waals surface area (Å²) < 4.78 is 47.7. The molecule has 1 spiro atoms. The Bertz CT molecular complexity index is 2850. The molecule has 11 atom stereocenters. The zero-order valence-corrected chi connectivity index (χ0v) is 60.2. The summed E-state index contributed by atoms with van der Waals surface area (Å²) in [6, 6.07) is -8.69. The first-order valence-electron chi connectivity index (χ1n) is 35.9. The summed E-state index contributed by atoms with van der Waals surface area (Å²) in [5.41, 5.74) is -1.55. The molecule has 4 saturated carbocycles. The number of hydrogen-bond acceptors (Lipinski definition) is 13. The van der Waals surface area contributed by atoms with Gasteiger partial charge in [-0.25, -0.2) is 0 Å². The number of ether oxygens (including phenoxy) is 1. The minimum absolute atomic E-state index is 0.00989. The summed E-state index contributed by atoms with van der Waals surface area (Å²) in [5.74, 6) is -11.0. The second-order valence-corrected chi connectivity index (χ2v) is 29.8. The summed E-state index contributed by atoms with van der Waals surface area (Å²) in [7, 11) is 9.86. The molecule has 3 N–H and O–H groups in total. The highest BCUT2D eigenvalue weighted by Gasteiger charge is 2.52. The number of fused-ring (bicyclic) bond motifs is 1. The Balaban J connectivity index is 1.26. The molecule has 0 radical (unpaired) electrons. The van der Waals surface area contributed by atoms with E-state index in [9.17, 15) is 46.7 Å². The molecule has 7 aliphatic rings. The molecule has 3 saturated heterocycles. The predicted octanol–water partition coefficient (Wildman–Crippen LogP) is 4.30. The summed E-state index contributed by atoms with van der Waals surface area (Å²) >= 11 is 6.38. The van der Waals surface area contributed by atoms with E-state index in [0.717, 1.165) is 45.3 Å². The minimum Gasteiger partial charge on any atom is -0.379 e. The quantitative estimate of drug-likeness (QED) is 0.182. The molecular weight excluding hydrogens is 1300 g/mol. The van der Waals surface area contributed by atoms with Gasteiger partial charge in [-0.1, -0.05) is 65.7 Å². The maximum Gasteiger partial charge on any atom is 0.393 e. The van der Waals surface area contributed by atoms with Crippen LogP contribution in [0.4, 0.5) is 13.2 Å². The van der Waals surface area contributed by atoms with Gasteiger partial charge in [0, 0.05) is 81.0 Å². The SMILES string of the molecule is CCCOC[C@H]1C(=O)N(C)CC(=O)N[C@@H](CCC2CCC(C(F)(F)F)C(Cl)C2)C(=O)N2CCC[C@H]2C(=O)NC2(CCCC2)C(=O)N(C)[C@@H](C2CCCCC2)C(=O)N(C)[C@H](C(=O)N2CCCC2)CC(=O)N(C)[C@@H](C2CCC2)C(=O)N[C@@H]([C@@H](C)CC)C(=O)N(C)CC(=O)N(C)CC(=O)N1C. The first-order chi connectivity index (χ1) is 46.3. The van der Waals surface area contributed by atoms with Crippen molar-refractivity contribution in [1.82, 2.24) is 60.0 Å². The smallest absolute Gasteiger partial charge is 0.379 e. The van der Waals surface area contributed by atoms with Crippen LogP contribution >= 0.6 is 11.6 Å². The molecule has 7 fully saturated rings. The first-order valence-corrected chi connectivity index (χ1v) is 36.4. The van der Waals surface area contributed by atoms with Crippen LogP contribution in [0.15, 0.2) is 0 Å². The van der Waals surface area contributed by atoms with Gasteiger partial charge in [0.05, 0.1) is 38.6 Å². The van der Waals surface area contributed by atoms with Crippen LogP contribution in [0.2, 0.25) is 0 Å². The van der Waals surface area contributed by atoms with Gasteiger partial charge in [-0.15, -0.1) is 11.6 Å². The second kappa shape index (κ2) is 35.3. The van der Waals surface area contributed by atoms with Gasteiger partial charge < -0.3 is 64.8 Å². The van der Waals surface area contributed by atoms with E-state index in [1.165, 1.54) is 68.9 Å². The van der Waals surface area contributed by atoms with Crippen molar-refractivity contribution in [2.75, 3.05) is 102 Å². The van der Waals surface area contributed by atoms with Crippen molar-refractivity contribution in [3.8, 4) is 0 Å². The van der Waals surface area contributed by atoms with Crippen molar-refractivity contribution in [2.45, 2.75) is 234 Å². The molecule has 7 rings (SSSR count). The van der Waals surface area contributed by atoms with E-state index < -0.39 is 168 Å². The zero-order chi connectivity index (χ0) is 72.1. The van der Waals surface area contributed by atoms with Crippen LogP contribution in [0, 0.1) is 29.6 Å². The van der Waals surface area contributed by atoms with Crippen LogP contribution in [0.1, 0.15) is 175 Å². The number of rotatable bonds is 12. The molecule has 0 bridgehead atoms.